The molecule has 1 heterocycles. The van der Waals surface area contributed by atoms with Crippen molar-refractivity contribution in [1.29, 1.82) is 0 Å². The summed E-state index contributed by atoms with van der Waals surface area (Å²) in [5, 5.41) is 0. The lowest BCUT2D eigenvalue weighted by Crippen LogP contribution is -2.66. The van der Waals surface area contributed by atoms with Gasteiger partial charge in [0.15, 0.2) is 11.6 Å². The molecule has 0 aromatic rings. The summed E-state index contributed by atoms with van der Waals surface area (Å²) < 4.78 is 28.4. The van der Waals surface area contributed by atoms with Gasteiger partial charge in [-0.3, -0.25) is 9.59 Å². The smallest absolute Gasteiger partial charge is 0.468 e. The fourth-order valence-corrected chi connectivity index (χ4v) is 12.4. The van der Waals surface area contributed by atoms with Crippen molar-refractivity contribution in [2.24, 2.45) is 50.7 Å². The molecule has 0 spiro atoms. The zero-order valence-electron chi connectivity index (χ0n) is 30.0. The Bertz CT molecular complexity index is 1310. The second kappa shape index (κ2) is 11.0. The van der Waals surface area contributed by atoms with E-state index in [1.54, 1.807) is 0 Å². The average molecular weight is 643 g/mol. The summed E-state index contributed by atoms with van der Waals surface area (Å²) in [5.41, 5.74) is 1.16. The number of rotatable bonds is 5. The average Bonchev–Trinajstić information content (AvgIpc) is 3.49. The van der Waals surface area contributed by atoms with Gasteiger partial charge in [0.1, 0.15) is 18.8 Å². The molecule has 0 bridgehead atoms. The van der Waals surface area contributed by atoms with Crippen LogP contribution < -0.4 is 0 Å². The lowest BCUT2D eigenvalue weighted by molar-refractivity contribution is -0.230. The molecule has 0 aromatic carbocycles. The highest BCUT2D eigenvalue weighted by atomic mass is 16.8. The van der Waals surface area contributed by atoms with Gasteiger partial charge >= 0.3 is 12.1 Å². The largest absolute Gasteiger partial charge is 0.508 e. The molecule has 1 saturated heterocycles. The third-order valence-electron chi connectivity index (χ3n) is 14.6. The van der Waals surface area contributed by atoms with E-state index in [1.165, 1.54) is 7.11 Å². The number of hydrogen-bond acceptors (Lipinski definition) is 8. The van der Waals surface area contributed by atoms with Crippen molar-refractivity contribution in [3.05, 3.63) is 11.1 Å². The van der Waals surface area contributed by atoms with Crippen LogP contribution in [0.2, 0.25) is 0 Å². The summed E-state index contributed by atoms with van der Waals surface area (Å²) in [7, 11) is 1.47. The number of ether oxygens (including phenoxy) is 5. The molecule has 5 aliphatic carbocycles. The molecule has 0 amide bonds. The van der Waals surface area contributed by atoms with Crippen LogP contribution in [0.15, 0.2) is 11.1 Å². The molecule has 1 aliphatic heterocycles. The fourth-order valence-electron chi connectivity index (χ4n) is 12.4. The van der Waals surface area contributed by atoms with Crippen LogP contribution in [0.1, 0.15) is 120 Å². The number of fused-ring (bicyclic) bond motifs is 7. The lowest BCUT2D eigenvalue weighted by atomic mass is 9.33. The van der Waals surface area contributed by atoms with Crippen LogP contribution >= 0.6 is 0 Å². The summed E-state index contributed by atoms with van der Waals surface area (Å²) in [4.78, 5) is 40.0. The normalized spacial score (nSPS) is 44.2. The van der Waals surface area contributed by atoms with Crippen molar-refractivity contribution in [2.75, 3.05) is 20.3 Å². The molecule has 0 radical (unpaired) electrons. The lowest BCUT2D eigenvalue weighted by Gasteiger charge is -2.72. The van der Waals surface area contributed by atoms with E-state index in [4.69, 9.17) is 23.7 Å². The summed E-state index contributed by atoms with van der Waals surface area (Å²) in [6.07, 6.45) is 6.78. The molecular formula is C38H58O8. The molecule has 6 rings (SSSR count). The minimum absolute atomic E-state index is 0.0244. The van der Waals surface area contributed by atoms with Gasteiger partial charge in [0, 0.05) is 11.8 Å². The Hall–Kier alpha value is -1.93. The molecule has 46 heavy (non-hydrogen) atoms. The van der Waals surface area contributed by atoms with Crippen LogP contribution in [0, 0.1) is 50.7 Å². The van der Waals surface area contributed by atoms with Crippen molar-refractivity contribution in [3.8, 4) is 0 Å². The first-order valence-electron chi connectivity index (χ1n) is 17.9. The first-order valence-corrected chi connectivity index (χ1v) is 17.9. The topological polar surface area (TPSA) is 97.4 Å². The van der Waals surface area contributed by atoms with Crippen molar-refractivity contribution in [1.82, 2.24) is 0 Å². The monoisotopic (exact) mass is 642 g/mol. The summed E-state index contributed by atoms with van der Waals surface area (Å²) in [6, 6.07) is 0. The Morgan fingerprint density at radius 1 is 0.891 bits per heavy atom. The van der Waals surface area contributed by atoms with Crippen LogP contribution in [0.4, 0.5) is 4.79 Å². The van der Waals surface area contributed by atoms with Crippen LogP contribution in [-0.4, -0.2) is 56.2 Å². The number of allylic oxidation sites excluding steroid dienone is 1. The molecule has 0 aromatic heterocycles. The minimum Gasteiger partial charge on any atom is -0.468 e. The van der Waals surface area contributed by atoms with Crippen LogP contribution in [0.5, 0.6) is 0 Å². The molecule has 0 N–H and O–H groups in total. The maximum atomic E-state index is 13.6. The standard InChI is InChI=1S/C38H58O8/c1-22(2)29-25(39)19-38(31(40)42-10)18-17-36(8)24(30(29)38)11-12-27-35(7)15-14-28(33(3,4)26(35)13-16-37(27,36)9)45-32(41)43-20-23-21-44-34(5,6)46-23/h22-24,26-28H,11-21H2,1-10H3. The number of Topliss-reactive ketones (excluding diaryl/α,β-unsaturated/α-hetero) is 1. The van der Waals surface area contributed by atoms with Crippen LogP contribution in [0.25, 0.3) is 0 Å². The van der Waals surface area contributed by atoms with Gasteiger partial charge in [-0.1, -0.05) is 48.5 Å². The number of hydrogen-bond donors (Lipinski definition) is 0. The third kappa shape index (κ3) is 4.76. The van der Waals surface area contributed by atoms with Gasteiger partial charge in [0.2, 0.25) is 0 Å². The van der Waals surface area contributed by atoms with Gasteiger partial charge in [0.25, 0.3) is 0 Å². The quantitative estimate of drug-likeness (QED) is 0.280. The van der Waals surface area contributed by atoms with Gasteiger partial charge in [0.05, 0.1) is 19.1 Å². The van der Waals surface area contributed by atoms with E-state index in [0.717, 1.165) is 56.1 Å². The highest BCUT2D eigenvalue weighted by molar-refractivity contribution is 6.05. The first-order chi connectivity index (χ1) is 21.4. The highest BCUT2D eigenvalue weighted by Crippen LogP contribution is 2.76. The zero-order valence-corrected chi connectivity index (χ0v) is 30.0. The molecule has 9 unspecified atom stereocenters. The second-order valence-corrected chi connectivity index (χ2v) is 17.7. The minimum atomic E-state index is -0.793. The highest BCUT2D eigenvalue weighted by Gasteiger charge is 2.71. The van der Waals surface area contributed by atoms with Gasteiger partial charge < -0.3 is 23.7 Å². The predicted octanol–water partition coefficient (Wildman–Crippen LogP) is 7.81. The molecule has 9 atom stereocenters. The Morgan fingerprint density at radius 3 is 2.24 bits per heavy atom. The number of ketones is 1. The molecular weight excluding hydrogens is 584 g/mol. The molecule has 8 heteroatoms. The van der Waals surface area contributed by atoms with E-state index in [2.05, 4.69) is 48.5 Å². The molecule has 4 saturated carbocycles. The van der Waals surface area contributed by atoms with Crippen LogP contribution in [0.3, 0.4) is 0 Å². The van der Waals surface area contributed by atoms with Crippen molar-refractivity contribution < 1.29 is 38.1 Å². The number of esters is 1. The molecule has 6 aliphatic rings. The van der Waals surface area contributed by atoms with Crippen molar-refractivity contribution in [2.45, 2.75) is 138 Å². The summed E-state index contributed by atoms with van der Waals surface area (Å²) >= 11 is 0. The number of carbonyl (C=O) groups excluding carboxylic acids is 3. The number of carbonyl (C=O) groups is 3. The third-order valence-corrected chi connectivity index (χ3v) is 14.6. The Labute approximate surface area is 276 Å². The van der Waals surface area contributed by atoms with Gasteiger partial charge in [-0.25, -0.2) is 4.79 Å². The first kappa shape index (κ1) is 34.0. The molecule has 5 fully saturated rings. The maximum Gasteiger partial charge on any atom is 0.508 e. The van der Waals surface area contributed by atoms with Gasteiger partial charge in [-0.2, -0.15) is 0 Å². The molecule has 258 valence electrons. The zero-order chi connectivity index (χ0) is 33.7. The van der Waals surface area contributed by atoms with E-state index in [9.17, 15) is 14.4 Å². The SMILES string of the molecule is COC(=O)C12CCC3(C)C(CCC4C5(C)CCC(OC(=O)OCC6COC(C)(C)O6)C(C)(C)C5CCC43C)C1=C(C(C)C)C(=O)C2. The van der Waals surface area contributed by atoms with Crippen molar-refractivity contribution in [3.63, 3.8) is 0 Å². The van der Waals surface area contributed by atoms with Gasteiger partial charge in [-0.05, 0) is 116 Å². The Balaban J connectivity index is 1.23. The van der Waals surface area contributed by atoms with E-state index in [1.807, 2.05) is 13.8 Å². The van der Waals surface area contributed by atoms with E-state index in [-0.39, 0.29) is 70.5 Å². The molecule has 8 nitrogen and oxygen atoms in total. The number of methoxy groups -OCH3 is 1. The fraction of sp³-hybridized carbons (Fsp3) is 0.868. The predicted molar refractivity (Wildman–Crippen MR) is 173 cm³/mol. The van der Waals surface area contributed by atoms with Crippen LogP contribution in [-0.2, 0) is 33.3 Å². The second-order valence-electron chi connectivity index (χ2n) is 17.7. The Morgan fingerprint density at radius 2 is 1.61 bits per heavy atom. The van der Waals surface area contributed by atoms with E-state index >= 15 is 0 Å². The van der Waals surface area contributed by atoms with E-state index in [0.29, 0.717) is 24.9 Å². The van der Waals surface area contributed by atoms with Gasteiger partial charge in [-0.15, -0.1) is 0 Å². The Kier molecular flexibility index (Phi) is 8.15. The summed E-state index contributed by atoms with van der Waals surface area (Å²) in [6.45, 7) is 20.5. The van der Waals surface area contributed by atoms with E-state index < -0.39 is 17.4 Å². The van der Waals surface area contributed by atoms with Crippen molar-refractivity contribution >= 4 is 17.9 Å². The maximum absolute atomic E-state index is 13.6. The summed E-state index contributed by atoms with van der Waals surface area (Å²) in [5.74, 6) is 0.451.